The molecule has 8 heteroatoms. The molecule has 0 aliphatic carbocycles. The van der Waals surface area contributed by atoms with E-state index in [0.29, 0.717) is 29.6 Å². The van der Waals surface area contributed by atoms with Gasteiger partial charge in [-0.2, -0.15) is 0 Å². The summed E-state index contributed by atoms with van der Waals surface area (Å²) in [5.74, 6) is 1.40. The minimum atomic E-state index is -0.0760. The van der Waals surface area contributed by atoms with E-state index >= 15 is 0 Å². The highest BCUT2D eigenvalue weighted by Crippen LogP contribution is 2.33. The molecule has 2 aliphatic heterocycles. The topological polar surface area (TPSA) is 67.8 Å². The van der Waals surface area contributed by atoms with Crippen molar-refractivity contribution in [3.05, 3.63) is 77.1 Å². The Morgan fingerprint density at radius 1 is 1.09 bits per heavy atom. The number of amides is 1. The summed E-state index contributed by atoms with van der Waals surface area (Å²) < 4.78 is 11.3. The fraction of sp³-hybridized carbons (Fsp3) is 0.370. The van der Waals surface area contributed by atoms with Crippen molar-refractivity contribution in [3.63, 3.8) is 0 Å². The summed E-state index contributed by atoms with van der Waals surface area (Å²) in [6.07, 6.45) is 3.57. The van der Waals surface area contributed by atoms with E-state index in [0.717, 1.165) is 62.7 Å². The van der Waals surface area contributed by atoms with Crippen molar-refractivity contribution in [2.24, 2.45) is 0 Å². The fourth-order valence-electron chi connectivity index (χ4n) is 4.62. The molecule has 2 aliphatic rings. The predicted octanol–water partition coefficient (Wildman–Crippen LogP) is 4.49. The molecule has 0 N–H and O–H groups in total. The van der Waals surface area contributed by atoms with Crippen LogP contribution < -0.4 is 4.74 Å². The zero-order chi connectivity index (χ0) is 24.0. The van der Waals surface area contributed by atoms with Crippen LogP contribution in [0.4, 0.5) is 0 Å². The van der Waals surface area contributed by atoms with Gasteiger partial charge in [-0.25, -0.2) is 9.97 Å². The quantitative estimate of drug-likeness (QED) is 0.484. The molecule has 0 spiro atoms. The van der Waals surface area contributed by atoms with Crippen molar-refractivity contribution in [1.29, 1.82) is 0 Å². The lowest BCUT2D eigenvalue weighted by molar-refractivity contribution is 0.0322. The van der Waals surface area contributed by atoms with Gasteiger partial charge in [0, 0.05) is 48.5 Å². The van der Waals surface area contributed by atoms with Crippen molar-refractivity contribution in [2.45, 2.75) is 18.9 Å². The highest BCUT2D eigenvalue weighted by Gasteiger charge is 2.32. The Labute approximate surface area is 210 Å². The second-order valence-corrected chi connectivity index (χ2v) is 9.24. The Morgan fingerprint density at radius 3 is 2.71 bits per heavy atom. The molecule has 0 radical (unpaired) electrons. The molecule has 1 atom stereocenters. The standard InChI is InChI=1S/C27H29ClN4O3/c28-22-4-1-3-21(19-22)26-29-11-10-24(30-26)25-5-2-12-32(25)27(33)20-6-8-23(9-7-20)35-18-15-31-13-16-34-17-14-31/h1,3-4,6-11,19,25H,2,5,12-18H2/t25-/m0/s1. The third kappa shape index (κ3) is 5.81. The van der Waals surface area contributed by atoms with E-state index in [4.69, 9.17) is 26.1 Å². The molecule has 2 aromatic carbocycles. The molecule has 5 rings (SSSR count). The van der Waals surface area contributed by atoms with E-state index in [9.17, 15) is 4.79 Å². The molecule has 1 amide bonds. The molecule has 7 nitrogen and oxygen atoms in total. The molecule has 3 heterocycles. The number of hydrogen-bond donors (Lipinski definition) is 0. The number of halogens is 1. The first-order valence-electron chi connectivity index (χ1n) is 12.1. The number of likely N-dealkylation sites (tertiary alicyclic amines) is 1. The van der Waals surface area contributed by atoms with Gasteiger partial charge in [-0.05, 0) is 55.3 Å². The van der Waals surface area contributed by atoms with Crippen LogP contribution in [0.2, 0.25) is 5.02 Å². The van der Waals surface area contributed by atoms with Crippen LogP contribution >= 0.6 is 11.6 Å². The maximum absolute atomic E-state index is 13.4. The Balaban J connectivity index is 1.23. The summed E-state index contributed by atoms with van der Waals surface area (Å²) in [6, 6.07) is 16.8. The van der Waals surface area contributed by atoms with Crippen molar-refractivity contribution < 1.29 is 14.3 Å². The lowest BCUT2D eigenvalue weighted by atomic mass is 10.1. The SMILES string of the molecule is O=C(c1ccc(OCCN2CCOCC2)cc1)N1CCC[C@H]1c1ccnc(-c2cccc(Cl)c2)n1. The normalized spacial score (nSPS) is 18.5. The molecule has 0 bridgehead atoms. The van der Waals surface area contributed by atoms with Crippen LogP contribution in [0.1, 0.15) is 34.9 Å². The van der Waals surface area contributed by atoms with Gasteiger partial charge in [0.15, 0.2) is 5.82 Å². The molecule has 0 unspecified atom stereocenters. The van der Waals surface area contributed by atoms with Crippen LogP contribution in [0.25, 0.3) is 11.4 Å². The molecule has 182 valence electrons. The minimum absolute atomic E-state index is 0.00952. The monoisotopic (exact) mass is 492 g/mol. The third-order valence-electron chi connectivity index (χ3n) is 6.50. The first kappa shape index (κ1) is 23.7. The third-order valence-corrected chi connectivity index (χ3v) is 6.73. The molecule has 3 aromatic rings. The molecular formula is C27H29ClN4O3. The Kier molecular flexibility index (Phi) is 7.57. The molecule has 0 saturated carbocycles. The minimum Gasteiger partial charge on any atom is -0.492 e. The lowest BCUT2D eigenvalue weighted by Crippen LogP contribution is -2.38. The van der Waals surface area contributed by atoms with Crippen LogP contribution in [0.5, 0.6) is 5.75 Å². The Bertz CT molecular complexity index is 1150. The molecule has 2 saturated heterocycles. The highest BCUT2D eigenvalue weighted by atomic mass is 35.5. The summed E-state index contributed by atoms with van der Waals surface area (Å²) >= 11 is 6.14. The first-order valence-corrected chi connectivity index (χ1v) is 12.5. The summed E-state index contributed by atoms with van der Waals surface area (Å²) in [7, 11) is 0. The number of ether oxygens (including phenoxy) is 2. The second-order valence-electron chi connectivity index (χ2n) is 8.80. The number of carbonyl (C=O) groups excluding carboxylic acids is 1. The predicted molar refractivity (Wildman–Crippen MR) is 135 cm³/mol. The molecular weight excluding hydrogens is 464 g/mol. The van der Waals surface area contributed by atoms with E-state index in [1.807, 2.05) is 59.5 Å². The van der Waals surface area contributed by atoms with Crippen LogP contribution in [-0.4, -0.2) is 71.7 Å². The van der Waals surface area contributed by atoms with Crippen LogP contribution in [0.3, 0.4) is 0 Å². The zero-order valence-corrected chi connectivity index (χ0v) is 20.4. The molecule has 2 fully saturated rings. The lowest BCUT2D eigenvalue weighted by Gasteiger charge is -2.26. The van der Waals surface area contributed by atoms with Crippen molar-refractivity contribution >= 4 is 17.5 Å². The van der Waals surface area contributed by atoms with E-state index in [1.54, 1.807) is 6.20 Å². The van der Waals surface area contributed by atoms with E-state index < -0.39 is 0 Å². The Morgan fingerprint density at radius 2 is 1.91 bits per heavy atom. The summed E-state index contributed by atoms with van der Waals surface area (Å²) in [6.45, 7) is 5.65. The number of benzene rings is 2. The van der Waals surface area contributed by atoms with Crippen LogP contribution in [0.15, 0.2) is 60.8 Å². The fourth-order valence-corrected chi connectivity index (χ4v) is 4.81. The van der Waals surface area contributed by atoms with Crippen molar-refractivity contribution in [3.8, 4) is 17.1 Å². The number of rotatable bonds is 7. The maximum Gasteiger partial charge on any atom is 0.254 e. The number of morpholine rings is 1. The van der Waals surface area contributed by atoms with Gasteiger partial charge in [0.1, 0.15) is 12.4 Å². The smallest absolute Gasteiger partial charge is 0.254 e. The number of nitrogens with zero attached hydrogens (tertiary/aromatic N) is 4. The van der Waals surface area contributed by atoms with Gasteiger partial charge in [-0.1, -0.05) is 23.7 Å². The second kappa shape index (κ2) is 11.2. The largest absolute Gasteiger partial charge is 0.492 e. The highest BCUT2D eigenvalue weighted by molar-refractivity contribution is 6.30. The Hall–Kier alpha value is -3.00. The molecule has 35 heavy (non-hydrogen) atoms. The van der Waals surface area contributed by atoms with E-state index in [1.165, 1.54) is 0 Å². The van der Waals surface area contributed by atoms with Gasteiger partial charge in [0.05, 0.1) is 24.9 Å². The van der Waals surface area contributed by atoms with Crippen molar-refractivity contribution in [2.75, 3.05) is 46.0 Å². The average Bonchev–Trinajstić information content (AvgIpc) is 3.40. The van der Waals surface area contributed by atoms with Crippen LogP contribution in [-0.2, 0) is 4.74 Å². The molecule has 1 aromatic heterocycles. The first-order chi connectivity index (χ1) is 17.2. The number of carbonyl (C=O) groups is 1. The number of hydrogen-bond acceptors (Lipinski definition) is 6. The van der Waals surface area contributed by atoms with Gasteiger partial charge in [0.2, 0.25) is 0 Å². The summed E-state index contributed by atoms with van der Waals surface area (Å²) in [5.41, 5.74) is 2.37. The number of aromatic nitrogens is 2. The van der Waals surface area contributed by atoms with Gasteiger partial charge in [0.25, 0.3) is 5.91 Å². The van der Waals surface area contributed by atoms with Gasteiger partial charge >= 0.3 is 0 Å². The van der Waals surface area contributed by atoms with E-state index in [-0.39, 0.29) is 11.9 Å². The summed E-state index contributed by atoms with van der Waals surface area (Å²) in [4.78, 5) is 26.8. The maximum atomic E-state index is 13.4. The van der Waals surface area contributed by atoms with Gasteiger partial charge in [-0.3, -0.25) is 9.69 Å². The van der Waals surface area contributed by atoms with Gasteiger partial charge in [-0.15, -0.1) is 0 Å². The average molecular weight is 493 g/mol. The van der Waals surface area contributed by atoms with Gasteiger partial charge < -0.3 is 14.4 Å². The van der Waals surface area contributed by atoms with Crippen LogP contribution in [0, 0.1) is 0 Å². The summed E-state index contributed by atoms with van der Waals surface area (Å²) in [5, 5.41) is 0.641. The zero-order valence-electron chi connectivity index (χ0n) is 19.6. The van der Waals surface area contributed by atoms with E-state index in [2.05, 4.69) is 9.88 Å². The van der Waals surface area contributed by atoms with Crippen molar-refractivity contribution in [1.82, 2.24) is 19.8 Å².